The summed E-state index contributed by atoms with van der Waals surface area (Å²) in [5.41, 5.74) is 6.99. The molecular weight excluding hydrogens is 513 g/mol. The number of aromatic amines is 1. The topological polar surface area (TPSA) is 51.1 Å². The number of hydrogen-bond acceptors (Lipinski definition) is 1. The molecule has 1 aromatic carbocycles. The molecule has 2 aliphatic carbocycles. The van der Waals surface area contributed by atoms with E-state index in [1.165, 1.54) is 66.6 Å². The second-order valence-electron chi connectivity index (χ2n) is 12.4. The first-order chi connectivity index (χ1) is 17.6. The van der Waals surface area contributed by atoms with E-state index in [-0.39, 0.29) is 36.1 Å². The fraction of sp³-hybridized carbons (Fsp3) is 0.625. The van der Waals surface area contributed by atoms with Crippen molar-refractivity contribution in [2.24, 2.45) is 11.8 Å². The van der Waals surface area contributed by atoms with Gasteiger partial charge >= 0.3 is 0 Å². The Morgan fingerprint density at radius 2 is 1.79 bits per heavy atom. The number of nitrogens with two attached hydrogens (primary N) is 1. The van der Waals surface area contributed by atoms with E-state index in [9.17, 15) is 4.79 Å². The highest BCUT2D eigenvalue weighted by molar-refractivity contribution is 5.82. The standard InChI is InChI=1S/C32H43N3O.2ClH/c1-22-9-6-7-12-26(22)25-16-18-35(30(19-25)24-10-4-3-5-11-24)31(36)28-20-33-21-32(28)17-8-13-29-27(32)15-14-23(2)34-29;;/h6-7,9,12,14-15,24-25,28,30,33H,3-5,8,10-11,13,16-21H2,1-2H3;2*1H/t25-,28+,30+,32+;;/m1../s1. The van der Waals surface area contributed by atoms with Gasteiger partial charge in [-0.05, 0) is 74.5 Å². The number of fused-ring (bicyclic) bond motifs is 2. The molecule has 1 amide bonds. The number of rotatable bonds is 3. The molecule has 0 radical (unpaired) electrons. The molecule has 208 valence electrons. The van der Waals surface area contributed by atoms with Gasteiger partial charge in [-0.2, -0.15) is 0 Å². The molecule has 0 unspecified atom stereocenters. The summed E-state index contributed by atoms with van der Waals surface area (Å²) in [5, 5.41) is 2.44. The largest absolute Gasteiger partial charge is 1.00 e. The first kappa shape index (κ1) is 29.4. The molecule has 2 aromatic rings. The molecule has 3 heterocycles. The number of H-pyrrole nitrogens is 1. The van der Waals surface area contributed by atoms with Crippen LogP contribution in [0.1, 0.15) is 91.8 Å². The number of benzene rings is 1. The number of piperidine rings is 1. The van der Waals surface area contributed by atoms with Gasteiger partial charge in [-0.25, -0.2) is 4.98 Å². The van der Waals surface area contributed by atoms with Gasteiger partial charge in [0.2, 0.25) is 5.91 Å². The van der Waals surface area contributed by atoms with Crippen molar-refractivity contribution in [1.82, 2.24) is 4.90 Å². The van der Waals surface area contributed by atoms with Crippen molar-refractivity contribution < 1.29 is 39.9 Å². The van der Waals surface area contributed by atoms with Crippen molar-refractivity contribution in [3.63, 3.8) is 0 Å². The van der Waals surface area contributed by atoms with Gasteiger partial charge in [-0.3, -0.25) is 4.79 Å². The number of nitrogens with one attached hydrogen (secondary N) is 1. The van der Waals surface area contributed by atoms with Gasteiger partial charge in [0.1, 0.15) is 5.92 Å². The monoisotopic (exact) mass is 557 g/mol. The predicted octanol–water partition coefficient (Wildman–Crippen LogP) is -1.75. The lowest BCUT2D eigenvalue weighted by molar-refractivity contribution is -0.640. The van der Waals surface area contributed by atoms with Gasteiger partial charge < -0.3 is 35.0 Å². The third kappa shape index (κ3) is 5.25. The molecule has 4 nitrogen and oxygen atoms in total. The lowest BCUT2D eigenvalue weighted by Crippen LogP contribution is -3.00. The van der Waals surface area contributed by atoms with Crippen molar-refractivity contribution in [1.29, 1.82) is 0 Å². The fourth-order valence-corrected chi connectivity index (χ4v) is 8.59. The first-order valence-corrected chi connectivity index (χ1v) is 14.8. The number of halogens is 2. The number of quaternary nitrogens is 1. The molecule has 38 heavy (non-hydrogen) atoms. The zero-order valence-corrected chi connectivity index (χ0v) is 24.7. The number of amides is 1. The summed E-state index contributed by atoms with van der Waals surface area (Å²) >= 11 is 0. The van der Waals surface area contributed by atoms with E-state index in [1.54, 1.807) is 0 Å². The van der Waals surface area contributed by atoms with Crippen LogP contribution in [-0.2, 0) is 16.6 Å². The Morgan fingerprint density at radius 3 is 2.58 bits per heavy atom. The molecule has 0 bridgehead atoms. The fourth-order valence-electron chi connectivity index (χ4n) is 8.59. The minimum absolute atomic E-state index is 0. The number of nitrogens with zero attached hydrogens (tertiary/aromatic N) is 1. The van der Waals surface area contributed by atoms with Crippen LogP contribution in [0, 0.1) is 25.7 Å². The highest BCUT2D eigenvalue weighted by Crippen LogP contribution is 2.46. The molecule has 4 atom stereocenters. The lowest BCUT2D eigenvalue weighted by Gasteiger charge is -2.47. The van der Waals surface area contributed by atoms with Crippen molar-refractivity contribution in [3.8, 4) is 0 Å². The van der Waals surface area contributed by atoms with Gasteiger partial charge in [0.15, 0.2) is 11.4 Å². The van der Waals surface area contributed by atoms with Crippen molar-refractivity contribution >= 4 is 5.91 Å². The summed E-state index contributed by atoms with van der Waals surface area (Å²) < 4.78 is 0. The smallest absolute Gasteiger partial charge is 0.232 e. The number of likely N-dealkylation sites (tertiary alicyclic amines) is 1. The van der Waals surface area contributed by atoms with Crippen molar-refractivity contribution in [3.05, 3.63) is 64.5 Å². The average molecular weight is 559 g/mol. The van der Waals surface area contributed by atoms with Crippen molar-refractivity contribution in [2.75, 3.05) is 19.6 Å². The van der Waals surface area contributed by atoms with Crippen molar-refractivity contribution in [2.45, 2.75) is 95.4 Å². The minimum atomic E-state index is -0.00114. The summed E-state index contributed by atoms with van der Waals surface area (Å²) in [6.07, 6.45) is 12.3. The molecule has 1 spiro atoms. The number of pyridine rings is 1. The minimum Gasteiger partial charge on any atom is -1.00 e. The highest BCUT2D eigenvalue weighted by atomic mass is 35.5. The number of carbonyl (C=O) groups is 1. The average Bonchev–Trinajstić information content (AvgIpc) is 3.32. The van der Waals surface area contributed by atoms with E-state index in [0.717, 1.165) is 45.3 Å². The highest BCUT2D eigenvalue weighted by Gasteiger charge is 2.56. The Hall–Kier alpha value is -1.62. The van der Waals surface area contributed by atoms with E-state index in [0.29, 0.717) is 23.8 Å². The van der Waals surface area contributed by atoms with Crippen LogP contribution in [0.4, 0.5) is 0 Å². The van der Waals surface area contributed by atoms with Crippen LogP contribution in [0.5, 0.6) is 0 Å². The maximum absolute atomic E-state index is 14.6. The Labute approximate surface area is 241 Å². The normalized spacial score (nSPS) is 29.3. The summed E-state index contributed by atoms with van der Waals surface area (Å²) in [7, 11) is 0. The second-order valence-corrected chi connectivity index (χ2v) is 12.4. The van der Waals surface area contributed by atoms with E-state index >= 15 is 0 Å². The number of aryl methyl sites for hydroxylation is 3. The zero-order valence-electron chi connectivity index (χ0n) is 23.2. The maximum atomic E-state index is 14.6. The maximum Gasteiger partial charge on any atom is 0.232 e. The number of aromatic nitrogens is 1. The van der Waals surface area contributed by atoms with Crippen LogP contribution in [-0.4, -0.2) is 36.5 Å². The first-order valence-electron chi connectivity index (χ1n) is 14.8. The van der Waals surface area contributed by atoms with Crippen LogP contribution >= 0.6 is 0 Å². The summed E-state index contributed by atoms with van der Waals surface area (Å²) in [6.45, 7) is 7.35. The number of hydrogen-bond donors (Lipinski definition) is 1. The Morgan fingerprint density at radius 1 is 1.00 bits per heavy atom. The summed E-state index contributed by atoms with van der Waals surface area (Å²) in [6, 6.07) is 13.9. The van der Waals surface area contributed by atoms with Crippen LogP contribution in [0.25, 0.3) is 0 Å². The number of carbonyl (C=O) groups excluding carboxylic acids is 1. The molecule has 2 aliphatic heterocycles. The predicted molar refractivity (Wildman–Crippen MR) is 143 cm³/mol. The van der Waals surface area contributed by atoms with Crippen LogP contribution in [0.15, 0.2) is 36.4 Å². The van der Waals surface area contributed by atoms with Gasteiger partial charge in [-0.15, -0.1) is 0 Å². The van der Waals surface area contributed by atoms with E-state index < -0.39 is 0 Å². The molecule has 2 saturated heterocycles. The lowest BCUT2D eigenvalue weighted by atomic mass is 9.64. The second kappa shape index (κ2) is 12.3. The van der Waals surface area contributed by atoms with Crippen LogP contribution in [0.3, 0.4) is 0 Å². The van der Waals surface area contributed by atoms with Gasteiger partial charge in [0.25, 0.3) is 0 Å². The molecular formula is C32H45Cl2N3O. The Kier molecular flexibility index (Phi) is 9.48. The molecule has 6 heteroatoms. The molecule has 3 N–H and O–H groups in total. The van der Waals surface area contributed by atoms with Gasteiger partial charge in [-0.1, -0.05) is 43.5 Å². The molecule has 1 aromatic heterocycles. The Balaban J connectivity index is 0.00000168. The third-order valence-electron chi connectivity index (χ3n) is 10.4. The molecule has 3 fully saturated rings. The Bertz CT molecular complexity index is 1120. The summed E-state index contributed by atoms with van der Waals surface area (Å²) in [4.78, 5) is 20.7. The van der Waals surface area contributed by atoms with Gasteiger partial charge in [0.05, 0.1) is 18.5 Å². The van der Waals surface area contributed by atoms with E-state index in [1.807, 2.05) is 0 Å². The van der Waals surface area contributed by atoms with E-state index in [4.69, 9.17) is 0 Å². The SMILES string of the molecule is Cc1ccc2c([nH+]1)CCC[C@]21C[NH2+]C[C@H]1C(=O)N1CC[C@@H](c2ccccc2C)C[C@H]1C1CCCCC1.[Cl-].[Cl-]. The quantitative estimate of drug-likeness (QED) is 0.478. The van der Waals surface area contributed by atoms with Gasteiger partial charge in [0, 0.05) is 37.6 Å². The molecule has 6 rings (SSSR count). The zero-order chi connectivity index (χ0) is 24.7. The summed E-state index contributed by atoms with van der Waals surface area (Å²) in [5.74, 6) is 1.83. The molecule has 1 saturated carbocycles. The molecule has 4 aliphatic rings. The van der Waals surface area contributed by atoms with Crippen LogP contribution in [0.2, 0.25) is 0 Å². The third-order valence-corrected chi connectivity index (χ3v) is 10.4. The van der Waals surface area contributed by atoms with E-state index in [2.05, 4.69) is 65.4 Å². The van der Waals surface area contributed by atoms with Crippen LogP contribution < -0.4 is 35.1 Å².